The molecule has 1 aromatic rings. The van der Waals surface area contributed by atoms with Gasteiger partial charge >= 0.3 is 5.97 Å². The van der Waals surface area contributed by atoms with E-state index < -0.39 is 5.97 Å². The van der Waals surface area contributed by atoms with Crippen molar-refractivity contribution in [1.29, 1.82) is 0 Å². The average molecular weight is 232 g/mol. The van der Waals surface area contributed by atoms with E-state index in [0.29, 0.717) is 0 Å². The van der Waals surface area contributed by atoms with Gasteiger partial charge in [0.2, 0.25) is 0 Å². The predicted octanol–water partition coefficient (Wildman–Crippen LogP) is 2.02. The number of carboxylic acids is 1. The Morgan fingerprint density at radius 1 is 1.29 bits per heavy atom. The van der Waals surface area contributed by atoms with Crippen molar-refractivity contribution < 1.29 is 9.90 Å². The molecule has 1 aliphatic carbocycles. The minimum atomic E-state index is -0.914. The van der Waals surface area contributed by atoms with Crippen LogP contribution in [0, 0.1) is 11.8 Å². The summed E-state index contributed by atoms with van der Waals surface area (Å²) in [6.07, 6.45) is 5.50. The normalized spacial score (nSPS) is 27.2. The Morgan fingerprint density at radius 3 is 2.53 bits per heavy atom. The highest BCUT2D eigenvalue weighted by Crippen LogP contribution is 2.38. The first-order chi connectivity index (χ1) is 8.24. The summed E-state index contributed by atoms with van der Waals surface area (Å²) in [6, 6.07) is 3.46. The maximum absolute atomic E-state index is 10.7. The molecule has 2 atom stereocenters. The number of hydrogen-bond acceptors (Lipinski definition) is 3. The summed E-state index contributed by atoms with van der Waals surface area (Å²) in [5, 5.41) is 8.82. The maximum atomic E-state index is 10.7. The summed E-state index contributed by atoms with van der Waals surface area (Å²) in [6.45, 7) is 2.17. The second kappa shape index (κ2) is 4.02. The third-order valence-corrected chi connectivity index (χ3v) is 4.05. The number of anilines is 1. The van der Waals surface area contributed by atoms with Crippen LogP contribution in [-0.4, -0.2) is 29.1 Å². The van der Waals surface area contributed by atoms with E-state index in [9.17, 15) is 4.79 Å². The Kier molecular flexibility index (Phi) is 2.50. The van der Waals surface area contributed by atoms with E-state index in [1.54, 1.807) is 6.07 Å². The van der Waals surface area contributed by atoms with Crippen molar-refractivity contribution in [3.8, 4) is 0 Å². The Morgan fingerprint density at radius 2 is 2.00 bits per heavy atom. The van der Waals surface area contributed by atoms with Gasteiger partial charge in [-0.3, -0.25) is 0 Å². The van der Waals surface area contributed by atoms with Gasteiger partial charge in [-0.1, -0.05) is 6.42 Å². The molecule has 2 heterocycles. The monoisotopic (exact) mass is 232 g/mol. The zero-order valence-corrected chi connectivity index (χ0v) is 9.67. The van der Waals surface area contributed by atoms with E-state index in [1.165, 1.54) is 25.5 Å². The molecule has 0 unspecified atom stereocenters. The van der Waals surface area contributed by atoms with Gasteiger partial charge < -0.3 is 10.0 Å². The SMILES string of the molecule is O=C(O)c1ccc(N2C[C@H]3CCC[C@H]3C2)nc1. The van der Waals surface area contributed by atoms with Crippen LogP contribution in [0.5, 0.6) is 0 Å². The number of aromatic carboxylic acids is 1. The van der Waals surface area contributed by atoms with Gasteiger partial charge in [0.25, 0.3) is 0 Å². The van der Waals surface area contributed by atoms with Crippen LogP contribution in [0.25, 0.3) is 0 Å². The van der Waals surface area contributed by atoms with Gasteiger partial charge in [0, 0.05) is 19.3 Å². The maximum Gasteiger partial charge on any atom is 0.337 e. The van der Waals surface area contributed by atoms with Gasteiger partial charge in [0.05, 0.1) is 5.56 Å². The van der Waals surface area contributed by atoms with E-state index in [-0.39, 0.29) is 5.56 Å². The van der Waals surface area contributed by atoms with Crippen molar-refractivity contribution in [3.63, 3.8) is 0 Å². The fourth-order valence-electron chi connectivity index (χ4n) is 3.12. The first-order valence-electron chi connectivity index (χ1n) is 6.18. The van der Waals surface area contributed by atoms with Crippen LogP contribution in [0.15, 0.2) is 18.3 Å². The largest absolute Gasteiger partial charge is 0.478 e. The number of rotatable bonds is 2. The van der Waals surface area contributed by atoms with Gasteiger partial charge in [0.1, 0.15) is 5.82 Å². The van der Waals surface area contributed by atoms with Crippen molar-refractivity contribution in [1.82, 2.24) is 4.98 Å². The smallest absolute Gasteiger partial charge is 0.337 e. The van der Waals surface area contributed by atoms with Crippen LogP contribution in [0.3, 0.4) is 0 Å². The summed E-state index contributed by atoms with van der Waals surface area (Å²) in [5.41, 5.74) is 0.258. The van der Waals surface area contributed by atoms with Crippen LogP contribution in [0.4, 0.5) is 5.82 Å². The lowest BCUT2D eigenvalue weighted by Crippen LogP contribution is -2.21. The molecule has 2 fully saturated rings. The molecule has 17 heavy (non-hydrogen) atoms. The van der Waals surface area contributed by atoms with E-state index in [1.807, 2.05) is 6.07 Å². The fourth-order valence-corrected chi connectivity index (χ4v) is 3.12. The highest BCUT2D eigenvalue weighted by Gasteiger charge is 2.36. The van der Waals surface area contributed by atoms with Gasteiger partial charge in [-0.15, -0.1) is 0 Å². The van der Waals surface area contributed by atoms with Crippen LogP contribution in [0.1, 0.15) is 29.6 Å². The first-order valence-corrected chi connectivity index (χ1v) is 6.18. The lowest BCUT2D eigenvalue weighted by Gasteiger charge is -2.18. The molecule has 0 spiro atoms. The second-order valence-corrected chi connectivity index (χ2v) is 5.07. The lowest BCUT2D eigenvalue weighted by molar-refractivity contribution is 0.0696. The molecule has 1 aliphatic heterocycles. The molecule has 0 aromatic carbocycles. The molecule has 0 bridgehead atoms. The van der Waals surface area contributed by atoms with Gasteiger partial charge in [-0.05, 0) is 36.8 Å². The number of nitrogens with zero attached hydrogens (tertiary/aromatic N) is 2. The Labute approximate surface area is 100 Å². The lowest BCUT2D eigenvalue weighted by atomic mass is 10.0. The molecule has 1 saturated carbocycles. The second-order valence-electron chi connectivity index (χ2n) is 5.07. The summed E-state index contributed by atoms with van der Waals surface area (Å²) >= 11 is 0. The third-order valence-electron chi connectivity index (χ3n) is 4.05. The first kappa shape index (κ1) is 10.6. The Hall–Kier alpha value is -1.58. The molecule has 0 amide bonds. The number of fused-ring (bicyclic) bond motifs is 1. The van der Waals surface area contributed by atoms with Gasteiger partial charge in [0.15, 0.2) is 0 Å². The summed E-state index contributed by atoms with van der Waals surface area (Å²) < 4.78 is 0. The Bertz CT molecular complexity index is 418. The van der Waals surface area contributed by atoms with Crippen molar-refractivity contribution in [2.45, 2.75) is 19.3 Å². The summed E-state index contributed by atoms with van der Waals surface area (Å²) in [7, 11) is 0. The minimum Gasteiger partial charge on any atom is -0.478 e. The van der Waals surface area contributed by atoms with E-state index in [0.717, 1.165) is 30.7 Å². The van der Waals surface area contributed by atoms with Crippen molar-refractivity contribution in [2.75, 3.05) is 18.0 Å². The predicted molar refractivity (Wildman–Crippen MR) is 64.2 cm³/mol. The van der Waals surface area contributed by atoms with Crippen LogP contribution in [-0.2, 0) is 0 Å². The number of aromatic nitrogens is 1. The third kappa shape index (κ3) is 1.88. The summed E-state index contributed by atoms with van der Waals surface area (Å²) in [4.78, 5) is 17.3. The number of carbonyl (C=O) groups is 1. The zero-order chi connectivity index (χ0) is 11.8. The average Bonchev–Trinajstić information content (AvgIpc) is 2.89. The molecule has 4 nitrogen and oxygen atoms in total. The summed E-state index contributed by atoms with van der Waals surface area (Å²) in [5.74, 6) is 1.67. The highest BCUT2D eigenvalue weighted by molar-refractivity contribution is 5.87. The minimum absolute atomic E-state index is 0.258. The number of pyridine rings is 1. The fraction of sp³-hybridized carbons (Fsp3) is 0.538. The number of carboxylic acid groups (broad SMARTS) is 1. The van der Waals surface area contributed by atoms with Crippen LogP contribution in [0.2, 0.25) is 0 Å². The van der Waals surface area contributed by atoms with Crippen LogP contribution < -0.4 is 4.90 Å². The highest BCUT2D eigenvalue weighted by atomic mass is 16.4. The molecule has 4 heteroatoms. The molecular weight excluding hydrogens is 216 g/mol. The molecule has 90 valence electrons. The van der Waals surface area contributed by atoms with Crippen LogP contribution >= 0.6 is 0 Å². The molecule has 0 radical (unpaired) electrons. The standard InChI is InChI=1S/C13H16N2O2/c16-13(17)9-4-5-12(14-6-9)15-7-10-2-1-3-11(10)8-15/h4-6,10-11H,1-3,7-8H2,(H,16,17)/t10-,11+. The Balaban J connectivity index is 1.75. The van der Waals surface area contributed by atoms with Crippen molar-refractivity contribution in [3.05, 3.63) is 23.9 Å². The number of hydrogen-bond donors (Lipinski definition) is 1. The van der Waals surface area contributed by atoms with E-state index in [2.05, 4.69) is 9.88 Å². The zero-order valence-electron chi connectivity index (χ0n) is 9.67. The molecule has 1 saturated heterocycles. The molecule has 1 aromatic heterocycles. The molecule has 3 rings (SSSR count). The molecular formula is C13H16N2O2. The van der Waals surface area contributed by atoms with Gasteiger partial charge in [-0.25, -0.2) is 9.78 Å². The van der Waals surface area contributed by atoms with Crippen molar-refractivity contribution in [2.24, 2.45) is 11.8 Å². The van der Waals surface area contributed by atoms with E-state index >= 15 is 0 Å². The molecule has 2 aliphatic rings. The van der Waals surface area contributed by atoms with Gasteiger partial charge in [-0.2, -0.15) is 0 Å². The molecule has 1 N–H and O–H groups in total. The van der Waals surface area contributed by atoms with Crippen molar-refractivity contribution >= 4 is 11.8 Å². The topological polar surface area (TPSA) is 53.4 Å². The quantitative estimate of drug-likeness (QED) is 0.847. The van der Waals surface area contributed by atoms with E-state index in [4.69, 9.17) is 5.11 Å².